The lowest BCUT2D eigenvalue weighted by molar-refractivity contribution is -0.123. The summed E-state index contributed by atoms with van der Waals surface area (Å²) < 4.78 is 1.99. The van der Waals surface area contributed by atoms with Crippen LogP contribution in [0, 0.1) is 0 Å². The number of rotatable bonds is 4. The predicted octanol–water partition coefficient (Wildman–Crippen LogP) is 0.368. The van der Waals surface area contributed by atoms with Crippen molar-refractivity contribution >= 4 is 17.7 Å². The number of amides is 1. The zero-order valence-corrected chi connectivity index (χ0v) is 12.8. The molecular formula is C13H18N6OS. The van der Waals surface area contributed by atoms with Crippen LogP contribution in [0.3, 0.4) is 0 Å². The fraction of sp³-hybridized carbons (Fsp3) is 0.462. The summed E-state index contributed by atoms with van der Waals surface area (Å²) in [7, 11) is 1.95. The molecule has 3 heterocycles. The van der Waals surface area contributed by atoms with Crippen LogP contribution in [0.15, 0.2) is 17.7 Å². The molecule has 1 aliphatic heterocycles. The molecule has 1 aliphatic rings. The Bertz CT molecular complexity index is 649. The van der Waals surface area contributed by atoms with Crippen LogP contribution in [0.25, 0.3) is 0 Å². The van der Waals surface area contributed by atoms with Gasteiger partial charge in [-0.2, -0.15) is 0 Å². The lowest BCUT2D eigenvalue weighted by Gasteiger charge is -2.22. The lowest BCUT2D eigenvalue weighted by atomic mass is 10.1. The van der Waals surface area contributed by atoms with Crippen molar-refractivity contribution in [1.82, 2.24) is 30.2 Å². The van der Waals surface area contributed by atoms with E-state index in [1.54, 1.807) is 24.3 Å². The molecule has 0 radical (unpaired) electrons. The van der Waals surface area contributed by atoms with Gasteiger partial charge in [0.2, 0.25) is 5.91 Å². The van der Waals surface area contributed by atoms with Crippen molar-refractivity contribution in [2.24, 2.45) is 7.05 Å². The van der Waals surface area contributed by atoms with E-state index in [1.807, 2.05) is 17.9 Å². The van der Waals surface area contributed by atoms with E-state index in [0.717, 1.165) is 35.2 Å². The molecule has 7 nitrogen and oxygen atoms in total. The second-order valence-corrected chi connectivity index (χ2v) is 5.69. The van der Waals surface area contributed by atoms with E-state index in [-0.39, 0.29) is 11.9 Å². The first-order valence-electron chi connectivity index (χ1n) is 6.78. The van der Waals surface area contributed by atoms with E-state index in [1.165, 1.54) is 0 Å². The van der Waals surface area contributed by atoms with E-state index in [4.69, 9.17) is 0 Å². The monoisotopic (exact) mass is 306 g/mol. The summed E-state index contributed by atoms with van der Waals surface area (Å²) in [4.78, 5) is 24.0. The molecule has 0 saturated heterocycles. The van der Waals surface area contributed by atoms with E-state index in [2.05, 4.69) is 25.6 Å². The molecule has 0 saturated carbocycles. The highest BCUT2D eigenvalue weighted by atomic mass is 32.2. The molecule has 1 atom stereocenters. The summed E-state index contributed by atoms with van der Waals surface area (Å²) >= 11 is 1.58. The number of imidazole rings is 2. The fourth-order valence-electron chi connectivity index (χ4n) is 2.50. The number of H-pyrrole nitrogens is 1. The Labute approximate surface area is 126 Å². The third-order valence-electron chi connectivity index (χ3n) is 3.68. The van der Waals surface area contributed by atoms with Crippen LogP contribution in [-0.2, 0) is 24.8 Å². The van der Waals surface area contributed by atoms with Gasteiger partial charge in [-0.3, -0.25) is 4.79 Å². The predicted molar refractivity (Wildman–Crippen MR) is 79.9 cm³/mol. The Hall–Kier alpha value is -1.80. The Kier molecular flexibility index (Phi) is 3.98. The van der Waals surface area contributed by atoms with Crippen LogP contribution in [0.2, 0.25) is 0 Å². The van der Waals surface area contributed by atoms with Crippen molar-refractivity contribution < 1.29 is 4.79 Å². The number of nitrogens with zero attached hydrogens (tertiary/aromatic N) is 3. The highest BCUT2D eigenvalue weighted by Gasteiger charge is 2.28. The van der Waals surface area contributed by atoms with Crippen LogP contribution in [0.1, 0.15) is 23.1 Å². The number of thioether (sulfide) groups is 1. The van der Waals surface area contributed by atoms with Crippen molar-refractivity contribution in [1.29, 1.82) is 0 Å². The van der Waals surface area contributed by atoms with Gasteiger partial charge in [0.05, 0.1) is 30.5 Å². The van der Waals surface area contributed by atoms with Gasteiger partial charge < -0.3 is 20.2 Å². The Morgan fingerprint density at radius 3 is 3.19 bits per heavy atom. The topological polar surface area (TPSA) is 87.6 Å². The molecule has 1 unspecified atom stereocenters. The molecule has 2 aromatic heterocycles. The van der Waals surface area contributed by atoms with Gasteiger partial charge in [-0.1, -0.05) is 11.8 Å². The largest absolute Gasteiger partial charge is 0.349 e. The molecule has 3 N–H and O–H groups in total. The molecule has 0 fully saturated rings. The summed E-state index contributed by atoms with van der Waals surface area (Å²) in [6, 6.07) is -0.381. The van der Waals surface area contributed by atoms with Crippen LogP contribution >= 0.6 is 11.8 Å². The molecule has 112 valence electrons. The first-order chi connectivity index (χ1) is 10.2. The maximum absolute atomic E-state index is 12.4. The average molecular weight is 306 g/mol. The smallest absolute Gasteiger partial charge is 0.243 e. The molecule has 8 heteroatoms. The fourth-order valence-corrected chi connectivity index (χ4v) is 3.04. The average Bonchev–Trinajstić information content (AvgIpc) is 3.10. The van der Waals surface area contributed by atoms with Gasteiger partial charge in [0.1, 0.15) is 6.04 Å². The Morgan fingerprint density at radius 2 is 2.43 bits per heavy atom. The maximum atomic E-state index is 12.4. The molecule has 0 bridgehead atoms. The maximum Gasteiger partial charge on any atom is 0.243 e. The summed E-state index contributed by atoms with van der Waals surface area (Å²) in [5, 5.41) is 7.09. The lowest BCUT2D eigenvalue weighted by Crippen LogP contribution is -2.41. The Balaban J connectivity index is 1.66. The van der Waals surface area contributed by atoms with Crippen molar-refractivity contribution in [2.75, 3.05) is 12.8 Å². The van der Waals surface area contributed by atoms with Gasteiger partial charge in [-0.15, -0.1) is 0 Å². The number of nitrogens with one attached hydrogen (secondary N) is 3. The third kappa shape index (κ3) is 2.68. The molecule has 0 spiro atoms. The molecule has 1 amide bonds. The second-order valence-electron chi connectivity index (χ2n) is 4.92. The standard InChI is InChI=1S/C13H18N6OS/c1-19-8(6-16-13(19)21-2)5-15-12(20)11-10-9(3-4-14-11)17-7-18-10/h6-7,11,14H,3-5H2,1-2H3,(H,15,20)(H,17,18). The number of hydrogen-bond donors (Lipinski definition) is 3. The van der Waals surface area contributed by atoms with E-state index in [0.29, 0.717) is 6.54 Å². The van der Waals surface area contributed by atoms with Gasteiger partial charge in [-0.05, 0) is 6.26 Å². The zero-order chi connectivity index (χ0) is 14.8. The quantitative estimate of drug-likeness (QED) is 0.710. The molecule has 0 aromatic carbocycles. The van der Waals surface area contributed by atoms with Gasteiger partial charge in [0.15, 0.2) is 5.16 Å². The summed E-state index contributed by atoms with van der Waals surface area (Å²) in [5.41, 5.74) is 2.82. The SMILES string of the molecule is CSc1ncc(CNC(=O)C2NCCc3[nH]cnc32)n1C. The zero-order valence-electron chi connectivity index (χ0n) is 12.0. The number of carbonyl (C=O) groups is 1. The highest BCUT2D eigenvalue weighted by Crippen LogP contribution is 2.19. The van der Waals surface area contributed by atoms with Gasteiger partial charge in [0.25, 0.3) is 0 Å². The molecule has 2 aromatic rings. The first-order valence-corrected chi connectivity index (χ1v) is 8.01. The first kappa shape index (κ1) is 14.2. The van der Waals surface area contributed by atoms with Crippen LogP contribution in [0.5, 0.6) is 0 Å². The van der Waals surface area contributed by atoms with E-state index >= 15 is 0 Å². The van der Waals surface area contributed by atoms with Crippen molar-refractivity contribution in [2.45, 2.75) is 24.2 Å². The Morgan fingerprint density at radius 1 is 1.57 bits per heavy atom. The van der Waals surface area contributed by atoms with Crippen molar-refractivity contribution in [3.05, 3.63) is 29.6 Å². The molecule has 0 aliphatic carbocycles. The number of aromatic nitrogens is 4. The van der Waals surface area contributed by atoms with Gasteiger partial charge in [0, 0.05) is 25.7 Å². The second kappa shape index (κ2) is 5.90. The number of fused-ring (bicyclic) bond motifs is 1. The third-order valence-corrected chi connectivity index (χ3v) is 4.42. The van der Waals surface area contributed by atoms with Crippen LogP contribution < -0.4 is 10.6 Å². The van der Waals surface area contributed by atoms with Crippen LogP contribution in [0.4, 0.5) is 0 Å². The van der Waals surface area contributed by atoms with Crippen LogP contribution in [-0.4, -0.2) is 38.2 Å². The number of aromatic amines is 1. The number of carbonyl (C=O) groups excluding carboxylic acids is 1. The van der Waals surface area contributed by atoms with Gasteiger partial charge >= 0.3 is 0 Å². The molecule has 3 rings (SSSR count). The van der Waals surface area contributed by atoms with Gasteiger partial charge in [-0.25, -0.2) is 9.97 Å². The summed E-state index contributed by atoms with van der Waals surface area (Å²) in [6.07, 6.45) is 6.29. The van der Waals surface area contributed by atoms with Crippen molar-refractivity contribution in [3.8, 4) is 0 Å². The summed E-state index contributed by atoms with van der Waals surface area (Å²) in [6.45, 7) is 1.23. The van der Waals surface area contributed by atoms with Crippen molar-refractivity contribution in [3.63, 3.8) is 0 Å². The minimum Gasteiger partial charge on any atom is -0.349 e. The van der Waals surface area contributed by atoms with E-state index in [9.17, 15) is 4.79 Å². The minimum atomic E-state index is -0.381. The molecule has 21 heavy (non-hydrogen) atoms. The number of hydrogen-bond acceptors (Lipinski definition) is 5. The van der Waals surface area contributed by atoms with E-state index < -0.39 is 0 Å². The normalized spacial score (nSPS) is 17.5. The highest BCUT2D eigenvalue weighted by molar-refractivity contribution is 7.98. The molecular weight excluding hydrogens is 288 g/mol. The minimum absolute atomic E-state index is 0.0602. The summed E-state index contributed by atoms with van der Waals surface area (Å²) in [5.74, 6) is -0.0602.